The summed E-state index contributed by atoms with van der Waals surface area (Å²) in [6.45, 7) is 3.48. The van der Waals surface area contributed by atoms with Crippen LogP contribution in [0.5, 0.6) is 0 Å². The van der Waals surface area contributed by atoms with E-state index in [4.69, 9.17) is 11.6 Å². The summed E-state index contributed by atoms with van der Waals surface area (Å²) < 4.78 is 24.9. The molecule has 0 aromatic carbocycles. The highest BCUT2D eigenvalue weighted by molar-refractivity contribution is 9.10. The van der Waals surface area contributed by atoms with Gasteiger partial charge in [-0.25, -0.2) is 13.4 Å². The van der Waals surface area contributed by atoms with Crippen molar-refractivity contribution < 1.29 is 8.42 Å². The van der Waals surface area contributed by atoms with Gasteiger partial charge in [-0.2, -0.15) is 0 Å². The van der Waals surface area contributed by atoms with Crippen LogP contribution in [0, 0.1) is 6.92 Å². The molecule has 0 aliphatic heterocycles. The molecule has 90 valence electrons. The van der Waals surface area contributed by atoms with E-state index in [1.807, 2.05) is 6.92 Å². The average Bonchev–Trinajstić information content (AvgIpc) is 2.22. The summed E-state index contributed by atoms with van der Waals surface area (Å²) in [5.74, 6) is 0.329. The Morgan fingerprint density at radius 3 is 2.69 bits per heavy atom. The molecule has 6 heteroatoms. The number of hydrogen-bond acceptors (Lipinski definition) is 3. The van der Waals surface area contributed by atoms with Crippen molar-refractivity contribution in [3.8, 4) is 0 Å². The van der Waals surface area contributed by atoms with Gasteiger partial charge in [0.1, 0.15) is 0 Å². The van der Waals surface area contributed by atoms with Crippen LogP contribution in [0.15, 0.2) is 21.8 Å². The first-order valence-electron chi connectivity index (χ1n) is 4.81. The van der Waals surface area contributed by atoms with Gasteiger partial charge in [-0.15, -0.1) is 11.6 Å². The van der Waals surface area contributed by atoms with E-state index >= 15 is 0 Å². The van der Waals surface area contributed by atoms with Crippen molar-refractivity contribution >= 4 is 37.4 Å². The second-order valence-corrected chi connectivity index (χ2v) is 7.15. The Labute approximate surface area is 109 Å². The van der Waals surface area contributed by atoms with Gasteiger partial charge in [0.05, 0.1) is 5.25 Å². The Morgan fingerprint density at radius 2 is 2.19 bits per heavy atom. The third-order valence-electron chi connectivity index (χ3n) is 2.36. The fraction of sp³-hybridized carbons (Fsp3) is 0.500. The van der Waals surface area contributed by atoms with Gasteiger partial charge in [0.2, 0.25) is 0 Å². The van der Waals surface area contributed by atoms with Gasteiger partial charge in [0.15, 0.2) is 14.9 Å². The number of pyridine rings is 1. The summed E-state index contributed by atoms with van der Waals surface area (Å²) in [6, 6.07) is 1.57. The van der Waals surface area contributed by atoms with Crippen molar-refractivity contribution in [3.63, 3.8) is 0 Å². The number of rotatable bonds is 4. The Bertz CT molecular complexity index is 476. The SMILES string of the molecule is Cc1cc(S(=O)(=O)C(C)CCCl)ncc1Br. The molecule has 0 saturated heterocycles. The first-order valence-corrected chi connectivity index (χ1v) is 7.69. The van der Waals surface area contributed by atoms with E-state index in [0.717, 1.165) is 10.0 Å². The molecule has 0 spiro atoms. The van der Waals surface area contributed by atoms with Crippen molar-refractivity contribution in [2.45, 2.75) is 30.5 Å². The van der Waals surface area contributed by atoms with Crippen LogP contribution in [0.2, 0.25) is 0 Å². The van der Waals surface area contributed by atoms with E-state index in [1.165, 1.54) is 6.20 Å². The molecular weight excluding hydrogens is 314 g/mol. The van der Waals surface area contributed by atoms with Crippen molar-refractivity contribution in [3.05, 3.63) is 22.3 Å². The second kappa shape index (κ2) is 5.47. The summed E-state index contributed by atoms with van der Waals surface area (Å²) in [7, 11) is -3.36. The third-order valence-corrected chi connectivity index (χ3v) is 5.51. The van der Waals surface area contributed by atoms with Crippen LogP contribution < -0.4 is 0 Å². The van der Waals surface area contributed by atoms with E-state index < -0.39 is 15.1 Å². The van der Waals surface area contributed by atoms with Crippen molar-refractivity contribution in [2.24, 2.45) is 0 Å². The number of sulfone groups is 1. The lowest BCUT2D eigenvalue weighted by Gasteiger charge is -2.11. The molecule has 0 bridgehead atoms. The zero-order chi connectivity index (χ0) is 12.3. The molecule has 16 heavy (non-hydrogen) atoms. The predicted molar refractivity (Wildman–Crippen MR) is 68.7 cm³/mol. The van der Waals surface area contributed by atoms with Crippen molar-refractivity contribution in [2.75, 3.05) is 5.88 Å². The summed E-state index contributed by atoms with van der Waals surface area (Å²) in [5.41, 5.74) is 0.853. The summed E-state index contributed by atoms with van der Waals surface area (Å²) in [5, 5.41) is -0.385. The number of alkyl halides is 1. The fourth-order valence-electron chi connectivity index (χ4n) is 1.18. The lowest BCUT2D eigenvalue weighted by Crippen LogP contribution is -2.19. The molecule has 0 aliphatic carbocycles. The van der Waals surface area contributed by atoms with E-state index in [1.54, 1.807) is 13.0 Å². The zero-order valence-corrected chi connectivity index (χ0v) is 12.2. The molecule has 3 nitrogen and oxygen atoms in total. The smallest absolute Gasteiger partial charge is 0.198 e. The lowest BCUT2D eigenvalue weighted by molar-refractivity contribution is 0.577. The summed E-state index contributed by atoms with van der Waals surface area (Å²) in [4.78, 5) is 3.94. The van der Waals surface area contributed by atoms with Crippen LogP contribution in [-0.2, 0) is 9.84 Å². The molecule has 1 heterocycles. The molecule has 0 aliphatic rings. The first kappa shape index (κ1) is 13.9. The molecule has 1 unspecified atom stereocenters. The minimum Gasteiger partial charge on any atom is -0.244 e. The maximum absolute atomic E-state index is 12.0. The standard InChI is InChI=1S/C10H13BrClNO2S/c1-7-5-10(13-6-9(7)11)16(14,15)8(2)3-4-12/h5-6,8H,3-4H2,1-2H3. The van der Waals surface area contributed by atoms with Crippen LogP contribution in [-0.4, -0.2) is 24.5 Å². The second-order valence-electron chi connectivity index (χ2n) is 3.61. The quantitative estimate of drug-likeness (QED) is 0.799. The Balaban J connectivity index is 3.12. The van der Waals surface area contributed by atoms with Crippen molar-refractivity contribution in [1.29, 1.82) is 0 Å². The van der Waals surface area contributed by atoms with Crippen LogP contribution in [0.3, 0.4) is 0 Å². The molecule has 1 rings (SSSR count). The molecule has 0 N–H and O–H groups in total. The highest BCUT2D eigenvalue weighted by Gasteiger charge is 2.24. The molecular formula is C10H13BrClNO2S. The largest absolute Gasteiger partial charge is 0.244 e. The topological polar surface area (TPSA) is 47.0 Å². The average molecular weight is 327 g/mol. The zero-order valence-electron chi connectivity index (χ0n) is 9.07. The normalized spacial score (nSPS) is 13.8. The van der Waals surface area contributed by atoms with Gasteiger partial charge in [0, 0.05) is 16.5 Å². The number of aromatic nitrogens is 1. The summed E-state index contributed by atoms with van der Waals surface area (Å²) in [6.07, 6.45) is 1.94. The van der Waals surface area contributed by atoms with Crippen molar-refractivity contribution in [1.82, 2.24) is 4.98 Å². The monoisotopic (exact) mass is 325 g/mol. The van der Waals surface area contributed by atoms with Gasteiger partial charge in [-0.1, -0.05) is 0 Å². The predicted octanol–water partition coefficient (Wildman–Crippen LogP) is 2.94. The number of hydrogen-bond donors (Lipinski definition) is 0. The summed E-state index contributed by atoms with van der Waals surface area (Å²) >= 11 is 8.84. The lowest BCUT2D eigenvalue weighted by atomic mass is 10.3. The fourth-order valence-corrected chi connectivity index (χ4v) is 3.24. The van der Waals surface area contributed by atoms with E-state index in [2.05, 4.69) is 20.9 Å². The molecule has 0 saturated carbocycles. The highest BCUT2D eigenvalue weighted by atomic mass is 79.9. The molecule has 1 aromatic heterocycles. The third kappa shape index (κ3) is 2.96. The Hall–Kier alpha value is -0.130. The van der Waals surface area contributed by atoms with E-state index in [0.29, 0.717) is 12.3 Å². The van der Waals surface area contributed by atoms with Gasteiger partial charge in [0.25, 0.3) is 0 Å². The first-order chi connectivity index (χ1) is 7.39. The Kier molecular flexibility index (Phi) is 4.76. The molecule has 1 aromatic rings. The number of aryl methyl sites for hydroxylation is 1. The minimum atomic E-state index is -3.36. The van der Waals surface area contributed by atoms with Crippen LogP contribution in [0.25, 0.3) is 0 Å². The van der Waals surface area contributed by atoms with Crippen LogP contribution in [0.1, 0.15) is 18.9 Å². The van der Waals surface area contributed by atoms with Gasteiger partial charge < -0.3 is 0 Å². The number of nitrogens with zero attached hydrogens (tertiary/aromatic N) is 1. The molecule has 1 atom stereocenters. The Morgan fingerprint density at radius 1 is 1.56 bits per heavy atom. The molecule has 0 radical (unpaired) electrons. The van der Waals surface area contributed by atoms with Crippen LogP contribution >= 0.6 is 27.5 Å². The minimum absolute atomic E-state index is 0.116. The van der Waals surface area contributed by atoms with E-state index in [-0.39, 0.29) is 5.03 Å². The van der Waals surface area contributed by atoms with Gasteiger partial charge in [-0.05, 0) is 47.8 Å². The molecule has 0 amide bonds. The van der Waals surface area contributed by atoms with E-state index in [9.17, 15) is 8.42 Å². The van der Waals surface area contributed by atoms with Gasteiger partial charge in [-0.3, -0.25) is 0 Å². The maximum atomic E-state index is 12.0. The van der Waals surface area contributed by atoms with Crippen LogP contribution in [0.4, 0.5) is 0 Å². The van der Waals surface area contributed by atoms with Gasteiger partial charge >= 0.3 is 0 Å². The maximum Gasteiger partial charge on any atom is 0.198 e. The highest BCUT2D eigenvalue weighted by Crippen LogP contribution is 2.21. The number of halogens is 2. The molecule has 0 fully saturated rings.